The molecule has 108 valence electrons. The minimum atomic E-state index is -3.38. The highest BCUT2D eigenvalue weighted by atomic mass is 32.2. The predicted octanol–water partition coefficient (Wildman–Crippen LogP) is 1.07. The summed E-state index contributed by atoms with van der Waals surface area (Å²) in [6.07, 6.45) is 3.51. The number of nitrogens with two attached hydrogens (primary N) is 1. The first-order valence-electron chi connectivity index (χ1n) is 6.86. The molecule has 0 bridgehead atoms. The molecule has 0 aromatic rings. The van der Waals surface area contributed by atoms with E-state index in [1.54, 1.807) is 4.31 Å². The molecular weight excluding hydrogens is 250 g/mol. The van der Waals surface area contributed by atoms with E-state index in [-0.39, 0.29) is 5.54 Å². The Bertz CT molecular complexity index is 352. The van der Waals surface area contributed by atoms with Gasteiger partial charge >= 0.3 is 0 Å². The molecule has 6 heteroatoms. The Morgan fingerprint density at radius 2 is 2.00 bits per heavy atom. The monoisotopic (exact) mass is 277 g/mol. The molecule has 3 N–H and O–H groups in total. The smallest absolute Gasteiger partial charge is 0.279 e. The van der Waals surface area contributed by atoms with Gasteiger partial charge in [-0.1, -0.05) is 13.8 Å². The molecule has 0 radical (unpaired) electrons. The second-order valence-corrected chi connectivity index (χ2v) is 7.15. The molecule has 18 heavy (non-hydrogen) atoms. The van der Waals surface area contributed by atoms with Crippen LogP contribution in [0.3, 0.4) is 0 Å². The summed E-state index contributed by atoms with van der Waals surface area (Å²) >= 11 is 0. The summed E-state index contributed by atoms with van der Waals surface area (Å²) in [4.78, 5) is 0. The zero-order valence-electron chi connectivity index (χ0n) is 11.8. The van der Waals surface area contributed by atoms with Crippen LogP contribution in [0.1, 0.15) is 46.5 Å². The molecule has 0 aliphatic carbocycles. The van der Waals surface area contributed by atoms with Crippen molar-refractivity contribution in [3.63, 3.8) is 0 Å². The molecule has 1 aliphatic rings. The van der Waals surface area contributed by atoms with Crippen LogP contribution < -0.4 is 10.5 Å². The largest absolute Gasteiger partial charge is 0.330 e. The van der Waals surface area contributed by atoms with Crippen molar-refractivity contribution in [1.82, 2.24) is 9.03 Å². The summed E-state index contributed by atoms with van der Waals surface area (Å²) in [6, 6.07) is 0. The Morgan fingerprint density at radius 1 is 1.39 bits per heavy atom. The van der Waals surface area contributed by atoms with Crippen LogP contribution in [0.15, 0.2) is 0 Å². The first-order chi connectivity index (χ1) is 8.37. The quantitative estimate of drug-likeness (QED) is 0.762. The van der Waals surface area contributed by atoms with Gasteiger partial charge < -0.3 is 5.73 Å². The third kappa shape index (κ3) is 3.91. The van der Waals surface area contributed by atoms with Gasteiger partial charge in [-0.05, 0) is 45.1 Å². The summed E-state index contributed by atoms with van der Waals surface area (Å²) < 4.78 is 29.1. The van der Waals surface area contributed by atoms with Crippen molar-refractivity contribution < 1.29 is 8.42 Å². The number of hydrogen-bond donors (Lipinski definition) is 2. The van der Waals surface area contributed by atoms with Gasteiger partial charge in [0.2, 0.25) is 0 Å². The maximum absolute atomic E-state index is 12.4. The number of nitrogens with zero attached hydrogens (tertiary/aromatic N) is 1. The van der Waals surface area contributed by atoms with Crippen molar-refractivity contribution in [2.75, 3.05) is 19.6 Å². The van der Waals surface area contributed by atoms with E-state index in [0.717, 1.165) is 25.7 Å². The lowest BCUT2D eigenvalue weighted by molar-refractivity contribution is 0.261. The normalized spacial score (nSPS) is 23.2. The van der Waals surface area contributed by atoms with Crippen LogP contribution in [0.2, 0.25) is 0 Å². The molecule has 1 heterocycles. The first-order valence-corrected chi connectivity index (χ1v) is 8.30. The van der Waals surface area contributed by atoms with Crippen molar-refractivity contribution in [1.29, 1.82) is 0 Å². The molecule has 1 fully saturated rings. The maximum atomic E-state index is 12.4. The summed E-state index contributed by atoms with van der Waals surface area (Å²) in [5.41, 5.74) is 5.29. The number of rotatable bonds is 6. The average molecular weight is 277 g/mol. The van der Waals surface area contributed by atoms with Gasteiger partial charge in [0.25, 0.3) is 10.2 Å². The van der Waals surface area contributed by atoms with E-state index in [1.807, 2.05) is 20.8 Å². The molecular formula is C12H27N3O2S. The van der Waals surface area contributed by atoms with E-state index in [2.05, 4.69) is 4.72 Å². The molecule has 5 nitrogen and oxygen atoms in total. The van der Waals surface area contributed by atoms with Crippen LogP contribution in [0.5, 0.6) is 0 Å². The van der Waals surface area contributed by atoms with Crippen LogP contribution >= 0.6 is 0 Å². The second kappa shape index (κ2) is 6.32. The SMILES string of the molecule is CCC(C)(CC)NS(=O)(=O)N1CCCC(CN)C1. The first kappa shape index (κ1) is 15.9. The van der Waals surface area contributed by atoms with E-state index in [0.29, 0.717) is 25.6 Å². The highest BCUT2D eigenvalue weighted by Crippen LogP contribution is 2.21. The fraction of sp³-hybridized carbons (Fsp3) is 1.00. The highest BCUT2D eigenvalue weighted by molar-refractivity contribution is 7.87. The van der Waals surface area contributed by atoms with Crippen molar-refractivity contribution in [3.8, 4) is 0 Å². The van der Waals surface area contributed by atoms with Gasteiger partial charge in [-0.15, -0.1) is 0 Å². The van der Waals surface area contributed by atoms with E-state index in [1.165, 1.54) is 0 Å². The van der Waals surface area contributed by atoms with Gasteiger partial charge in [-0.2, -0.15) is 17.4 Å². The lowest BCUT2D eigenvalue weighted by Crippen LogP contribution is -2.54. The molecule has 0 spiro atoms. The minimum absolute atomic E-state index is 0.296. The van der Waals surface area contributed by atoms with Crippen LogP contribution in [0.4, 0.5) is 0 Å². The van der Waals surface area contributed by atoms with E-state index in [9.17, 15) is 8.42 Å². The zero-order chi connectivity index (χ0) is 13.8. The Hall–Kier alpha value is -0.170. The Kier molecular flexibility index (Phi) is 5.58. The van der Waals surface area contributed by atoms with Crippen LogP contribution in [-0.2, 0) is 10.2 Å². The van der Waals surface area contributed by atoms with Gasteiger partial charge in [-0.25, -0.2) is 0 Å². The standard InChI is InChI=1S/C12H27N3O2S/c1-4-12(3,5-2)14-18(16,17)15-8-6-7-11(9-13)10-15/h11,14H,4-10,13H2,1-3H3. The summed E-state index contributed by atoms with van der Waals surface area (Å²) in [5.74, 6) is 0.296. The Balaban J connectivity index is 2.74. The fourth-order valence-electron chi connectivity index (χ4n) is 2.21. The van der Waals surface area contributed by atoms with Crippen molar-refractivity contribution in [2.24, 2.45) is 11.7 Å². The summed E-state index contributed by atoms with van der Waals surface area (Å²) in [7, 11) is -3.38. The van der Waals surface area contributed by atoms with E-state index < -0.39 is 10.2 Å². The predicted molar refractivity (Wildman–Crippen MR) is 74.4 cm³/mol. The molecule has 1 aliphatic heterocycles. The molecule has 0 amide bonds. The van der Waals surface area contributed by atoms with Crippen molar-refractivity contribution in [2.45, 2.75) is 52.0 Å². The zero-order valence-corrected chi connectivity index (χ0v) is 12.6. The van der Waals surface area contributed by atoms with Crippen molar-refractivity contribution >= 4 is 10.2 Å². The third-order valence-electron chi connectivity index (χ3n) is 4.09. The molecule has 1 atom stereocenters. The molecule has 1 rings (SSSR count). The molecule has 1 unspecified atom stereocenters. The van der Waals surface area contributed by atoms with Gasteiger partial charge in [0.05, 0.1) is 0 Å². The molecule has 1 saturated heterocycles. The van der Waals surface area contributed by atoms with Gasteiger partial charge in [0.15, 0.2) is 0 Å². The van der Waals surface area contributed by atoms with Gasteiger partial charge in [-0.3, -0.25) is 0 Å². The van der Waals surface area contributed by atoms with Crippen LogP contribution in [0, 0.1) is 5.92 Å². The number of hydrogen-bond acceptors (Lipinski definition) is 3. The number of nitrogens with one attached hydrogen (secondary N) is 1. The third-order valence-corrected chi connectivity index (χ3v) is 5.85. The lowest BCUT2D eigenvalue weighted by atomic mass is 9.98. The summed E-state index contributed by atoms with van der Waals surface area (Å²) in [5, 5.41) is 0. The number of piperidine rings is 1. The maximum Gasteiger partial charge on any atom is 0.279 e. The lowest BCUT2D eigenvalue weighted by Gasteiger charge is -2.35. The molecule has 0 saturated carbocycles. The molecule has 0 aromatic carbocycles. The van der Waals surface area contributed by atoms with Gasteiger partial charge in [0, 0.05) is 18.6 Å². The van der Waals surface area contributed by atoms with E-state index >= 15 is 0 Å². The van der Waals surface area contributed by atoms with Crippen LogP contribution in [-0.4, -0.2) is 37.9 Å². The Labute approximate surface area is 111 Å². The van der Waals surface area contributed by atoms with Gasteiger partial charge in [0.1, 0.15) is 0 Å². The fourth-order valence-corrected chi connectivity index (χ4v) is 4.02. The topological polar surface area (TPSA) is 75.4 Å². The minimum Gasteiger partial charge on any atom is -0.330 e. The van der Waals surface area contributed by atoms with Crippen LogP contribution in [0.25, 0.3) is 0 Å². The summed E-state index contributed by atoms with van der Waals surface area (Å²) in [6.45, 7) is 7.68. The average Bonchev–Trinajstić information content (AvgIpc) is 2.38. The van der Waals surface area contributed by atoms with E-state index in [4.69, 9.17) is 5.73 Å². The highest BCUT2D eigenvalue weighted by Gasteiger charge is 2.33. The Morgan fingerprint density at radius 3 is 2.50 bits per heavy atom. The van der Waals surface area contributed by atoms with Crippen molar-refractivity contribution in [3.05, 3.63) is 0 Å². The second-order valence-electron chi connectivity index (χ2n) is 5.48. The molecule has 0 aromatic heterocycles.